The van der Waals surface area contributed by atoms with Crippen molar-refractivity contribution in [3.05, 3.63) is 22.4 Å². The maximum Gasteiger partial charge on any atom is 0.215 e. The number of morpholine rings is 1. The molecule has 1 atom stereocenters. The van der Waals surface area contributed by atoms with Crippen molar-refractivity contribution in [3.8, 4) is 0 Å². The van der Waals surface area contributed by atoms with Crippen LogP contribution in [0.1, 0.15) is 11.8 Å². The molecule has 0 amide bonds. The molecule has 1 aliphatic rings. The first-order valence-corrected chi connectivity index (χ1v) is 11.0. The van der Waals surface area contributed by atoms with Crippen LogP contribution in [0.4, 0.5) is 0 Å². The van der Waals surface area contributed by atoms with Crippen LogP contribution in [0, 0.1) is 5.92 Å². The lowest BCUT2D eigenvalue weighted by molar-refractivity contribution is 0.0730. The van der Waals surface area contributed by atoms with E-state index < -0.39 is 10.0 Å². The minimum atomic E-state index is -3.24. The average Bonchev–Trinajstić information content (AvgIpc) is 3.11. The van der Waals surface area contributed by atoms with Crippen molar-refractivity contribution in [1.29, 1.82) is 0 Å². The van der Waals surface area contributed by atoms with Gasteiger partial charge in [-0.05, 0) is 23.8 Å². The number of ether oxygens (including phenoxy) is 1. The summed E-state index contributed by atoms with van der Waals surface area (Å²) in [5, 5.41) is 8.43. The zero-order chi connectivity index (χ0) is 18.1. The van der Waals surface area contributed by atoms with Gasteiger partial charge in [0, 0.05) is 38.1 Å². The van der Waals surface area contributed by atoms with Gasteiger partial charge in [-0.15, -0.1) is 11.3 Å². The van der Waals surface area contributed by atoms with Gasteiger partial charge in [-0.3, -0.25) is 4.99 Å². The van der Waals surface area contributed by atoms with Gasteiger partial charge in [0.1, 0.15) is 0 Å². The van der Waals surface area contributed by atoms with Crippen LogP contribution < -0.4 is 10.6 Å². The largest absolute Gasteiger partial charge is 0.379 e. The molecular weight excluding hydrogens is 360 g/mol. The van der Waals surface area contributed by atoms with E-state index in [1.165, 1.54) is 9.18 Å². The summed E-state index contributed by atoms with van der Waals surface area (Å²) in [5.41, 5.74) is 0. The maximum absolute atomic E-state index is 12.3. The quantitative estimate of drug-likeness (QED) is 0.507. The third kappa shape index (κ3) is 6.93. The van der Waals surface area contributed by atoms with E-state index in [9.17, 15) is 8.42 Å². The number of hydrogen-bond acceptors (Lipinski definition) is 5. The Morgan fingerprint density at radius 2 is 2.16 bits per heavy atom. The molecule has 0 aliphatic carbocycles. The molecule has 1 fully saturated rings. The molecular formula is C16H28N4O3S2. The predicted octanol–water partition coefficient (Wildman–Crippen LogP) is 0.754. The average molecular weight is 389 g/mol. The number of nitrogens with zero attached hydrogens (tertiary/aromatic N) is 2. The molecule has 0 aromatic carbocycles. The van der Waals surface area contributed by atoms with E-state index in [-0.39, 0.29) is 5.75 Å². The molecule has 1 saturated heterocycles. The standard InChI is InChI=1S/C16H28N4O3S2/c1-14(12-15-4-3-10-24-15)13-19-16(17-2)18-5-11-25(21,22)20-6-8-23-9-7-20/h3-4,10,14H,5-9,11-13H2,1-2H3,(H2,17,18,19). The minimum Gasteiger partial charge on any atom is -0.379 e. The fourth-order valence-electron chi connectivity index (χ4n) is 2.59. The Bertz CT molecular complexity index is 626. The van der Waals surface area contributed by atoms with Crippen molar-refractivity contribution in [2.45, 2.75) is 13.3 Å². The number of thiophene rings is 1. The van der Waals surface area contributed by atoms with E-state index in [1.807, 2.05) is 0 Å². The predicted molar refractivity (Wildman–Crippen MR) is 103 cm³/mol. The Hall–Kier alpha value is -1.16. The van der Waals surface area contributed by atoms with Crippen LogP contribution in [0.2, 0.25) is 0 Å². The summed E-state index contributed by atoms with van der Waals surface area (Å²) in [6, 6.07) is 4.21. The fourth-order valence-corrected chi connectivity index (χ4v) is 4.78. The maximum atomic E-state index is 12.3. The summed E-state index contributed by atoms with van der Waals surface area (Å²) in [4.78, 5) is 5.53. The lowest BCUT2D eigenvalue weighted by Gasteiger charge is -2.26. The molecule has 2 heterocycles. The third-order valence-electron chi connectivity index (χ3n) is 3.99. The Labute approximate surface area is 154 Å². The molecule has 1 aromatic rings. The highest BCUT2D eigenvalue weighted by Crippen LogP contribution is 2.13. The molecule has 9 heteroatoms. The molecule has 2 N–H and O–H groups in total. The second-order valence-electron chi connectivity index (χ2n) is 6.10. The molecule has 1 aliphatic heterocycles. The van der Waals surface area contributed by atoms with Gasteiger partial charge in [0.25, 0.3) is 0 Å². The van der Waals surface area contributed by atoms with Gasteiger partial charge in [-0.25, -0.2) is 8.42 Å². The summed E-state index contributed by atoms with van der Waals surface area (Å²) < 4.78 is 31.2. The van der Waals surface area contributed by atoms with Crippen LogP contribution in [-0.4, -0.2) is 70.9 Å². The molecule has 1 unspecified atom stereocenters. The summed E-state index contributed by atoms with van der Waals surface area (Å²) in [5.74, 6) is 1.16. The van der Waals surface area contributed by atoms with Crippen molar-refractivity contribution in [3.63, 3.8) is 0 Å². The zero-order valence-electron chi connectivity index (χ0n) is 14.9. The van der Waals surface area contributed by atoms with Gasteiger partial charge in [0.2, 0.25) is 10.0 Å². The Kier molecular flexibility index (Phi) is 8.14. The highest BCUT2D eigenvalue weighted by Gasteiger charge is 2.23. The lowest BCUT2D eigenvalue weighted by Crippen LogP contribution is -2.45. The van der Waals surface area contributed by atoms with Crippen molar-refractivity contribution >= 4 is 27.3 Å². The first-order chi connectivity index (χ1) is 12.0. The fraction of sp³-hybridized carbons (Fsp3) is 0.688. The molecule has 142 valence electrons. The van der Waals surface area contributed by atoms with Crippen LogP contribution >= 0.6 is 11.3 Å². The number of guanidine groups is 1. The van der Waals surface area contributed by atoms with Crippen LogP contribution in [0.5, 0.6) is 0 Å². The molecule has 0 spiro atoms. The van der Waals surface area contributed by atoms with E-state index in [0.717, 1.165) is 13.0 Å². The molecule has 7 nitrogen and oxygen atoms in total. The van der Waals surface area contributed by atoms with Crippen molar-refractivity contribution in [1.82, 2.24) is 14.9 Å². The van der Waals surface area contributed by atoms with Gasteiger partial charge in [0.05, 0.1) is 19.0 Å². The highest BCUT2D eigenvalue weighted by atomic mass is 32.2. The van der Waals surface area contributed by atoms with Crippen molar-refractivity contribution in [2.75, 3.05) is 52.2 Å². The van der Waals surface area contributed by atoms with Crippen LogP contribution in [0.3, 0.4) is 0 Å². The summed E-state index contributed by atoms with van der Waals surface area (Å²) >= 11 is 1.77. The Morgan fingerprint density at radius 3 is 2.80 bits per heavy atom. The van der Waals surface area contributed by atoms with Crippen LogP contribution in [-0.2, 0) is 21.2 Å². The van der Waals surface area contributed by atoms with Gasteiger partial charge < -0.3 is 15.4 Å². The number of aliphatic imine (C=N–C) groups is 1. The first-order valence-electron chi connectivity index (χ1n) is 8.53. The Morgan fingerprint density at radius 1 is 1.40 bits per heavy atom. The van der Waals surface area contributed by atoms with Gasteiger partial charge in [-0.2, -0.15) is 4.31 Å². The lowest BCUT2D eigenvalue weighted by atomic mass is 10.1. The number of sulfonamides is 1. The number of nitrogens with one attached hydrogen (secondary N) is 2. The van der Waals surface area contributed by atoms with Crippen molar-refractivity contribution < 1.29 is 13.2 Å². The number of rotatable bonds is 8. The van der Waals surface area contributed by atoms with E-state index in [2.05, 4.69) is 40.1 Å². The van der Waals surface area contributed by atoms with E-state index >= 15 is 0 Å². The minimum absolute atomic E-state index is 0.0540. The molecule has 1 aromatic heterocycles. The third-order valence-corrected chi connectivity index (χ3v) is 6.76. The summed E-state index contributed by atoms with van der Waals surface area (Å²) in [6.45, 7) is 5.12. The van der Waals surface area contributed by atoms with Gasteiger partial charge in [-0.1, -0.05) is 13.0 Å². The second kappa shape index (κ2) is 10.1. The second-order valence-corrected chi connectivity index (χ2v) is 9.22. The summed E-state index contributed by atoms with van der Waals surface area (Å²) in [6.07, 6.45) is 1.02. The molecule has 2 rings (SSSR count). The van der Waals surface area contributed by atoms with Crippen LogP contribution in [0.15, 0.2) is 22.5 Å². The molecule has 0 radical (unpaired) electrons. The van der Waals surface area contributed by atoms with E-state index in [1.54, 1.807) is 18.4 Å². The number of hydrogen-bond donors (Lipinski definition) is 2. The normalized spacial score (nSPS) is 18.1. The van der Waals surface area contributed by atoms with Crippen molar-refractivity contribution in [2.24, 2.45) is 10.9 Å². The SMILES string of the molecule is CN=C(NCCS(=O)(=O)N1CCOCC1)NCC(C)Cc1cccs1. The van der Waals surface area contributed by atoms with Gasteiger partial charge in [0.15, 0.2) is 5.96 Å². The smallest absolute Gasteiger partial charge is 0.215 e. The topological polar surface area (TPSA) is 83.0 Å². The monoisotopic (exact) mass is 388 g/mol. The highest BCUT2D eigenvalue weighted by molar-refractivity contribution is 7.89. The van der Waals surface area contributed by atoms with E-state index in [4.69, 9.17) is 4.74 Å². The zero-order valence-corrected chi connectivity index (χ0v) is 16.5. The van der Waals surface area contributed by atoms with E-state index in [0.29, 0.717) is 44.7 Å². The van der Waals surface area contributed by atoms with Gasteiger partial charge >= 0.3 is 0 Å². The Balaban J connectivity index is 1.69. The first kappa shape index (κ1) is 20.2. The van der Waals surface area contributed by atoms with Crippen LogP contribution in [0.25, 0.3) is 0 Å². The molecule has 0 saturated carbocycles. The molecule has 25 heavy (non-hydrogen) atoms. The molecule has 0 bridgehead atoms. The summed E-state index contributed by atoms with van der Waals surface area (Å²) in [7, 11) is -1.55.